The van der Waals surface area contributed by atoms with Gasteiger partial charge in [-0.05, 0) is 73.2 Å². The van der Waals surface area contributed by atoms with Crippen molar-refractivity contribution >= 4 is 11.7 Å². The molecule has 1 fully saturated rings. The molecule has 166 valence electrons. The van der Waals surface area contributed by atoms with Crippen LogP contribution in [0.5, 0.6) is 11.5 Å². The summed E-state index contributed by atoms with van der Waals surface area (Å²) in [6, 6.07) is 13.0. The Morgan fingerprint density at radius 3 is 2.44 bits per heavy atom. The number of carbonyl (C=O) groups is 2. The van der Waals surface area contributed by atoms with E-state index in [2.05, 4.69) is 4.98 Å². The number of carbonyl (C=O) groups excluding carboxylic acids is 2. The van der Waals surface area contributed by atoms with Crippen LogP contribution in [-0.2, 0) is 16.6 Å². The van der Waals surface area contributed by atoms with Gasteiger partial charge in [-0.15, -0.1) is 0 Å². The van der Waals surface area contributed by atoms with E-state index in [0.29, 0.717) is 17.7 Å². The summed E-state index contributed by atoms with van der Waals surface area (Å²) in [7, 11) is 0. The van der Waals surface area contributed by atoms with Gasteiger partial charge >= 0.3 is 0 Å². The predicted octanol–water partition coefficient (Wildman–Crippen LogP) is 4.53. The molecule has 0 spiro atoms. The van der Waals surface area contributed by atoms with Gasteiger partial charge in [-0.1, -0.05) is 18.2 Å². The van der Waals surface area contributed by atoms with Crippen molar-refractivity contribution < 1.29 is 21.9 Å². The Morgan fingerprint density at radius 1 is 1.03 bits per heavy atom. The lowest BCUT2D eigenvalue weighted by Crippen LogP contribution is -2.23. The molecule has 0 saturated heterocycles. The zero-order chi connectivity index (χ0) is 22.5. The minimum absolute atomic E-state index is 0. The highest BCUT2D eigenvalue weighted by molar-refractivity contribution is 5.95. The van der Waals surface area contributed by atoms with Crippen molar-refractivity contribution in [2.45, 2.75) is 38.5 Å². The van der Waals surface area contributed by atoms with Crippen molar-refractivity contribution in [1.29, 1.82) is 0 Å². The number of pyridine rings is 1. The number of amides is 1. The molecule has 0 unspecified atom stereocenters. The molecule has 0 bridgehead atoms. The van der Waals surface area contributed by atoms with Gasteiger partial charge in [-0.25, -0.2) is 0 Å². The van der Waals surface area contributed by atoms with Crippen molar-refractivity contribution in [2.24, 2.45) is 5.73 Å². The van der Waals surface area contributed by atoms with Crippen LogP contribution in [0.2, 0.25) is 0 Å². The van der Waals surface area contributed by atoms with Gasteiger partial charge in [-0.3, -0.25) is 14.6 Å². The molecule has 6 heteroatoms. The van der Waals surface area contributed by atoms with Crippen molar-refractivity contribution in [2.75, 3.05) is 6.79 Å². The first kappa shape index (κ1) is 20.2. The fourth-order valence-corrected chi connectivity index (χ4v) is 4.41. The first-order valence-electron chi connectivity index (χ1n) is 10.7. The van der Waals surface area contributed by atoms with E-state index < -0.39 is 11.3 Å². The summed E-state index contributed by atoms with van der Waals surface area (Å²) >= 11 is 0. The van der Waals surface area contributed by atoms with Crippen LogP contribution in [0.4, 0.5) is 0 Å². The molecule has 5 rings (SSSR count). The fraction of sp³-hybridized carbons (Fsp3) is 0.269. The maximum atomic E-state index is 13.4. The molecule has 32 heavy (non-hydrogen) atoms. The Kier molecular flexibility index (Phi) is 4.73. The van der Waals surface area contributed by atoms with Crippen LogP contribution in [-0.4, -0.2) is 23.5 Å². The van der Waals surface area contributed by atoms with Gasteiger partial charge in [0.2, 0.25) is 12.7 Å². The lowest BCUT2D eigenvalue weighted by molar-refractivity contribution is -0.120. The van der Waals surface area contributed by atoms with Crippen LogP contribution >= 0.6 is 0 Å². The standard InChI is InChI=1S/C26H24N2O4.2H2/c1-15-16(2)21(28-13-20(15)17-3-5-18(6-4-17)25(27)30)12-24(29)26(9-10-26)19-7-8-22-23(11-19)32-14-31-22;;/h3-8,11,13H,9-10,12,14H2,1-2H3,(H2,27,30);2*1H. The summed E-state index contributed by atoms with van der Waals surface area (Å²) < 4.78 is 10.9. The third-order valence-corrected chi connectivity index (χ3v) is 6.77. The van der Waals surface area contributed by atoms with Crippen LogP contribution in [0, 0.1) is 13.8 Å². The van der Waals surface area contributed by atoms with Gasteiger partial charge in [0, 0.05) is 26.6 Å². The Hall–Kier alpha value is -3.67. The van der Waals surface area contributed by atoms with E-state index in [0.717, 1.165) is 52.1 Å². The highest BCUT2D eigenvalue weighted by atomic mass is 16.7. The molecular formula is C26H28N2O4. The summed E-state index contributed by atoms with van der Waals surface area (Å²) in [4.78, 5) is 29.3. The summed E-state index contributed by atoms with van der Waals surface area (Å²) in [5.74, 6) is 1.17. The largest absolute Gasteiger partial charge is 0.454 e. The molecule has 0 radical (unpaired) electrons. The van der Waals surface area contributed by atoms with E-state index in [9.17, 15) is 9.59 Å². The average Bonchev–Trinajstić information content (AvgIpc) is 3.48. The van der Waals surface area contributed by atoms with E-state index in [1.54, 1.807) is 12.1 Å². The number of rotatable bonds is 6. The fourth-order valence-electron chi connectivity index (χ4n) is 4.41. The molecule has 1 aliphatic heterocycles. The maximum Gasteiger partial charge on any atom is 0.248 e. The molecule has 1 saturated carbocycles. The van der Waals surface area contributed by atoms with Gasteiger partial charge in [0.25, 0.3) is 0 Å². The molecule has 0 atom stereocenters. The minimum Gasteiger partial charge on any atom is -0.454 e. The monoisotopic (exact) mass is 432 g/mol. The summed E-state index contributed by atoms with van der Waals surface area (Å²) in [5, 5.41) is 0. The lowest BCUT2D eigenvalue weighted by Gasteiger charge is -2.17. The number of aromatic nitrogens is 1. The highest BCUT2D eigenvalue weighted by Gasteiger charge is 2.51. The van der Waals surface area contributed by atoms with Crippen molar-refractivity contribution in [3.63, 3.8) is 0 Å². The number of ketones is 1. The molecule has 2 aliphatic rings. The Balaban J connectivity index is 0.00000162. The number of hydrogen-bond acceptors (Lipinski definition) is 5. The van der Waals surface area contributed by atoms with Gasteiger partial charge in [0.1, 0.15) is 5.78 Å². The van der Waals surface area contributed by atoms with Crippen molar-refractivity contribution in [3.8, 4) is 22.6 Å². The Bertz CT molecular complexity index is 1250. The topological polar surface area (TPSA) is 91.5 Å². The molecule has 3 aromatic rings. The first-order valence-corrected chi connectivity index (χ1v) is 10.7. The molecule has 2 aromatic carbocycles. The number of ether oxygens (including phenoxy) is 2. The third kappa shape index (κ3) is 3.32. The van der Waals surface area contributed by atoms with Crippen molar-refractivity contribution in [3.05, 3.63) is 76.6 Å². The van der Waals surface area contributed by atoms with E-state index in [1.807, 2.05) is 50.4 Å². The zero-order valence-corrected chi connectivity index (χ0v) is 18.1. The lowest BCUT2D eigenvalue weighted by atomic mass is 9.87. The van der Waals surface area contributed by atoms with Crippen LogP contribution in [0.15, 0.2) is 48.7 Å². The zero-order valence-electron chi connectivity index (χ0n) is 18.1. The third-order valence-electron chi connectivity index (χ3n) is 6.77. The normalized spacial score (nSPS) is 15.4. The molecule has 2 N–H and O–H groups in total. The number of benzene rings is 2. The van der Waals surface area contributed by atoms with Crippen molar-refractivity contribution in [1.82, 2.24) is 4.98 Å². The molecular weight excluding hydrogens is 404 g/mol. The molecule has 1 aromatic heterocycles. The molecule has 2 heterocycles. The number of nitrogens with two attached hydrogens (primary N) is 1. The number of hydrogen-bond donors (Lipinski definition) is 1. The van der Waals surface area contributed by atoms with Gasteiger partial charge in [0.05, 0.1) is 11.1 Å². The van der Waals surface area contributed by atoms with Crippen LogP contribution < -0.4 is 15.2 Å². The Labute approximate surface area is 189 Å². The first-order chi connectivity index (χ1) is 15.4. The summed E-state index contributed by atoms with van der Waals surface area (Å²) in [5.41, 5.74) is 11.2. The molecule has 1 aliphatic carbocycles. The smallest absolute Gasteiger partial charge is 0.248 e. The number of primary amides is 1. The van der Waals surface area contributed by atoms with Crippen LogP contribution in [0.3, 0.4) is 0 Å². The molecule has 1 amide bonds. The second kappa shape index (κ2) is 7.48. The number of fused-ring (bicyclic) bond motifs is 1. The Morgan fingerprint density at radius 2 is 1.75 bits per heavy atom. The summed E-state index contributed by atoms with van der Waals surface area (Å²) in [6.07, 6.45) is 3.79. The number of nitrogens with zero attached hydrogens (tertiary/aromatic N) is 1. The van der Waals surface area contributed by atoms with Crippen LogP contribution in [0.1, 0.15) is 48.4 Å². The minimum atomic E-state index is -0.452. The summed E-state index contributed by atoms with van der Waals surface area (Å²) in [6.45, 7) is 4.26. The van der Waals surface area contributed by atoms with E-state index in [1.165, 1.54) is 0 Å². The van der Waals surface area contributed by atoms with Gasteiger partial charge < -0.3 is 15.2 Å². The maximum absolute atomic E-state index is 13.4. The SMILES string of the molecule is Cc1c(-c2ccc(C(N)=O)cc2)cnc(CC(=O)C2(c3ccc4c(c3)OCO4)CC2)c1C.[HH].[HH]. The van der Waals surface area contributed by atoms with E-state index in [-0.39, 0.29) is 15.4 Å². The van der Waals surface area contributed by atoms with E-state index in [4.69, 9.17) is 15.2 Å². The second-order valence-electron chi connectivity index (χ2n) is 8.56. The highest BCUT2D eigenvalue weighted by Crippen LogP contribution is 2.51. The van der Waals surface area contributed by atoms with E-state index >= 15 is 0 Å². The van der Waals surface area contributed by atoms with Crippen LogP contribution in [0.25, 0.3) is 11.1 Å². The average molecular weight is 433 g/mol. The molecule has 6 nitrogen and oxygen atoms in total. The predicted molar refractivity (Wildman–Crippen MR) is 124 cm³/mol. The second-order valence-corrected chi connectivity index (χ2v) is 8.56. The van der Waals surface area contributed by atoms with Gasteiger partial charge in [-0.2, -0.15) is 0 Å². The van der Waals surface area contributed by atoms with Gasteiger partial charge in [0.15, 0.2) is 11.5 Å². The quantitative estimate of drug-likeness (QED) is 0.618. The number of Topliss-reactive ketones (excluding diaryl/α,β-unsaturated/α-hetero) is 1.